The number of hydrogen-bond acceptors (Lipinski definition) is 11. The van der Waals surface area contributed by atoms with E-state index in [1.807, 2.05) is 12.1 Å². The lowest BCUT2D eigenvalue weighted by Gasteiger charge is -2.42. The van der Waals surface area contributed by atoms with E-state index in [1.54, 1.807) is 55.7 Å². The van der Waals surface area contributed by atoms with Crippen LogP contribution in [0, 0.1) is 11.6 Å². The monoisotopic (exact) mass is 970 g/mol. The first kappa shape index (κ1) is 49.0. The highest BCUT2D eigenvalue weighted by molar-refractivity contribution is 6.78. The Balaban J connectivity index is 0.000000193. The van der Waals surface area contributed by atoms with Crippen molar-refractivity contribution >= 4 is 47.8 Å². The minimum Gasteiger partial charge on any atom is -0.541 e. The number of fused-ring (bicyclic) bond motifs is 4. The summed E-state index contributed by atoms with van der Waals surface area (Å²) in [7, 11) is 0.977. The maximum Gasteiger partial charge on any atom is 0.438 e. The van der Waals surface area contributed by atoms with Crippen LogP contribution in [0.2, 0.25) is 16.6 Å². The number of nitrogens with one attached hydrogen (secondary N) is 1. The van der Waals surface area contributed by atoms with Crippen molar-refractivity contribution in [3.63, 3.8) is 0 Å². The molecule has 0 bridgehead atoms. The quantitative estimate of drug-likeness (QED) is 0.0282. The van der Waals surface area contributed by atoms with Gasteiger partial charge in [-0.25, -0.2) is 13.6 Å². The van der Waals surface area contributed by atoms with Crippen LogP contribution in [0.25, 0.3) is 21.8 Å². The van der Waals surface area contributed by atoms with Crippen LogP contribution in [0.3, 0.4) is 0 Å². The van der Waals surface area contributed by atoms with Gasteiger partial charge in [0.2, 0.25) is 0 Å². The minimum atomic E-state index is -2.45. The molecule has 364 valence electrons. The van der Waals surface area contributed by atoms with Gasteiger partial charge in [-0.3, -0.25) is 29.1 Å². The van der Waals surface area contributed by atoms with E-state index in [2.05, 4.69) is 66.3 Å². The third-order valence-electron chi connectivity index (χ3n) is 13.6. The number of rotatable bonds is 13. The van der Waals surface area contributed by atoms with Gasteiger partial charge in [-0.1, -0.05) is 76.1 Å². The molecular weight excluding hydrogens is 915 g/mol. The molecule has 70 heavy (non-hydrogen) atoms. The topological polar surface area (TPSA) is 213 Å². The first-order valence-electron chi connectivity index (χ1n) is 23.1. The van der Waals surface area contributed by atoms with Gasteiger partial charge in [0.25, 0.3) is 20.1 Å². The van der Waals surface area contributed by atoms with Crippen molar-refractivity contribution in [2.45, 2.75) is 96.9 Å². The number of halogens is 2. The summed E-state index contributed by atoms with van der Waals surface area (Å²) in [5.74, 6) is -0.912. The third-order valence-corrected chi connectivity index (χ3v) is 19.6. The first-order valence-corrected chi connectivity index (χ1v) is 25.3. The number of aromatic hydroxyl groups is 1. The average molecular weight is 971 g/mol. The Morgan fingerprint density at radius 1 is 0.757 bits per heavy atom. The number of oxime groups is 1. The van der Waals surface area contributed by atoms with Crippen molar-refractivity contribution in [2.24, 2.45) is 10.9 Å². The molecule has 0 radical (unpaired) electrons. The second kappa shape index (κ2) is 19.5. The second-order valence-corrected chi connectivity index (χ2v) is 24.5. The maximum absolute atomic E-state index is 13.6. The summed E-state index contributed by atoms with van der Waals surface area (Å²) < 4.78 is 38.5. The van der Waals surface area contributed by atoms with Crippen LogP contribution in [0.1, 0.15) is 113 Å². The Bertz CT molecular complexity index is 3220. The molecule has 0 fully saturated rings. The molecule has 0 saturated carbocycles. The SMILES string of the molecule is CC(C)[Si](Oc1c2c(c(C/C(N)=N/O)c3cc(Cc4ccc(F)cc4)cnc13)CN(C)C2=O)(C(C)C)C(C)C.CN1Cc2c(c(O)c3ncc(Cc4ccc(F)cc4)cc3c2Cc2noc(=O)[nH]2)C1=O. The Labute approximate surface area is 404 Å². The van der Waals surface area contributed by atoms with Gasteiger partial charge in [0.05, 0.1) is 11.1 Å². The number of carbonyl (C=O) groups is 2. The maximum atomic E-state index is 13.6. The van der Waals surface area contributed by atoms with E-state index in [0.717, 1.165) is 44.3 Å². The molecule has 2 aliphatic rings. The highest BCUT2D eigenvalue weighted by Crippen LogP contribution is 2.48. The summed E-state index contributed by atoms with van der Waals surface area (Å²) in [6.45, 7) is 14.0. The lowest BCUT2D eigenvalue weighted by Crippen LogP contribution is -2.51. The summed E-state index contributed by atoms with van der Waals surface area (Å²) in [5, 5.41) is 28.7. The van der Waals surface area contributed by atoms with Crippen molar-refractivity contribution in [2.75, 3.05) is 14.1 Å². The fraction of sp³-hybridized carbons (Fsp3) is 0.327. The Morgan fingerprint density at radius 3 is 1.73 bits per heavy atom. The molecule has 7 aromatic rings. The van der Waals surface area contributed by atoms with Crippen molar-refractivity contribution in [3.05, 3.63) is 157 Å². The van der Waals surface area contributed by atoms with Crippen LogP contribution in [0.15, 0.2) is 87.5 Å². The van der Waals surface area contributed by atoms with Crippen LogP contribution in [-0.2, 0) is 38.8 Å². The molecular formula is C52H56F2N8O7Si. The number of amidine groups is 1. The number of phenolic OH excluding ortho intramolecular Hbond substituents is 1. The van der Waals surface area contributed by atoms with Crippen LogP contribution < -0.4 is 15.9 Å². The lowest BCUT2D eigenvalue weighted by molar-refractivity contribution is 0.0807. The smallest absolute Gasteiger partial charge is 0.438 e. The van der Waals surface area contributed by atoms with E-state index in [0.29, 0.717) is 81.7 Å². The van der Waals surface area contributed by atoms with Crippen LogP contribution in [0.5, 0.6) is 11.5 Å². The Kier molecular flexibility index (Phi) is 13.6. The first-order chi connectivity index (χ1) is 33.3. The molecule has 0 unspecified atom stereocenters. The molecule has 0 atom stereocenters. The zero-order valence-electron chi connectivity index (χ0n) is 40.4. The molecule has 15 nitrogen and oxygen atoms in total. The molecule has 0 spiro atoms. The van der Waals surface area contributed by atoms with Gasteiger partial charge in [-0.2, -0.15) is 0 Å². The van der Waals surface area contributed by atoms with E-state index in [1.165, 1.54) is 29.2 Å². The van der Waals surface area contributed by atoms with E-state index in [-0.39, 0.29) is 53.4 Å². The standard InChI is InChI=1S/C30H39FN4O3Si.C22H17FN4O4/c1-17(2)39(18(3)4,19(5)6)38-29-27-25(16-35(7)30(27)36)23(14-26(32)34-37)24-13-21(15-33-28(24)29)12-20-8-10-22(31)11-9-20;1-27-10-16-14(8-17-25-22(30)31-26-17)15-7-12(6-11-2-4-13(23)5-3-11)9-24-19(15)20(28)18(16)21(27)29/h8-11,13,15,17-19,37H,12,14,16H2,1-7H3,(H2,32,34);2-5,7,9,28H,6,8,10H2,1H3,(H,25,26,30). The summed E-state index contributed by atoms with van der Waals surface area (Å²) in [6.07, 6.45) is 4.86. The fourth-order valence-electron chi connectivity index (χ4n) is 10.4. The van der Waals surface area contributed by atoms with Crippen molar-refractivity contribution < 1.29 is 37.6 Å². The molecule has 18 heteroatoms. The number of aromatic amines is 1. The molecule has 2 aliphatic heterocycles. The number of nitrogens with two attached hydrogens (primary N) is 1. The van der Waals surface area contributed by atoms with Crippen molar-refractivity contribution in [1.82, 2.24) is 29.9 Å². The highest BCUT2D eigenvalue weighted by atomic mass is 28.4. The number of carbonyl (C=O) groups excluding carboxylic acids is 2. The van der Waals surface area contributed by atoms with Gasteiger partial charge in [0, 0.05) is 63.2 Å². The van der Waals surface area contributed by atoms with Crippen LogP contribution in [-0.4, -0.2) is 80.3 Å². The molecule has 5 N–H and O–H groups in total. The van der Waals surface area contributed by atoms with Gasteiger partial charge in [-0.05, 0) is 110 Å². The zero-order chi connectivity index (χ0) is 50.3. The number of phenols is 1. The summed E-state index contributed by atoms with van der Waals surface area (Å²) in [6, 6.07) is 16.6. The van der Waals surface area contributed by atoms with Crippen molar-refractivity contribution in [1.29, 1.82) is 0 Å². The summed E-state index contributed by atoms with van der Waals surface area (Å²) in [4.78, 5) is 52.6. The molecule has 5 heterocycles. The largest absolute Gasteiger partial charge is 0.541 e. The molecule has 0 aliphatic carbocycles. The molecule has 3 aromatic heterocycles. The lowest BCUT2D eigenvalue weighted by atomic mass is 9.93. The van der Waals surface area contributed by atoms with Crippen molar-refractivity contribution in [3.8, 4) is 11.5 Å². The molecule has 0 saturated heterocycles. The Morgan fingerprint density at radius 2 is 1.24 bits per heavy atom. The number of hydrogen-bond donors (Lipinski definition) is 4. The summed E-state index contributed by atoms with van der Waals surface area (Å²) in [5.41, 5.74) is 15.2. The highest BCUT2D eigenvalue weighted by Gasteiger charge is 2.49. The predicted molar refractivity (Wildman–Crippen MR) is 264 cm³/mol. The number of benzene rings is 4. The van der Waals surface area contributed by atoms with Gasteiger partial charge in [-0.15, -0.1) is 0 Å². The molecule has 9 rings (SSSR count). The molecule has 2 amide bonds. The number of amides is 2. The van der Waals surface area contributed by atoms with Crippen LogP contribution >= 0.6 is 0 Å². The second-order valence-electron chi connectivity index (χ2n) is 19.2. The zero-order valence-corrected chi connectivity index (χ0v) is 41.4. The number of nitrogens with zero attached hydrogens (tertiary/aromatic N) is 6. The number of pyridine rings is 2. The van der Waals surface area contributed by atoms with E-state index in [4.69, 9.17) is 15.1 Å². The number of H-pyrrole nitrogens is 1. The summed E-state index contributed by atoms with van der Waals surface area (Å²) >= 11 is 0. The number of aromatic nitrogens is 4. The van der Waals surface area contributed by atoms with Crippen LogP contribution in [0.4, 0.5) is 8.78 Å². The van der Waals surface area contributed by atoms with E-state index >= 15 is 0 Å². The third kappa shape index (κ3) is 9.22. The average Bonchev–Trinajstić information content (AvgIpc) is 3.98. The minimum absolute atomic E-state index is 0.0494. The fourth-order valence-corrected chi connectivity index (χ4v) is 15.7. The van der Waals surface area contributed by atoms with Gasteiger partial charge < -0.3 is 30.3 Å². The van der Waals surface area contributed by atoms with Gasteiger partial charge in [0.1, 0.15) is 34.3 Å². The predicted octanol–water partition coefficient (Wildman–Crippen LogP) is 8.92. The normalized spacial score (nSPS) is 13.8. The Hall–Kier alpha value is -7.47. The van der Waals surface area contributed by atoms with Gasteiger partial charge >= 0.3 is 5.76 Å². The van der Waals surface area contributed by atoms with E-state index < -0.39 is 14.1 Å². The van der Waals surface area contributed by atoms with E-state index in [9.17, 15) is 33.5 Å². The van der Waals surface area contributed by atoms with Gasteiger partial charge in [0.15, 0.2) is 11.6 Å². The molecule has 4 aromatic carbocycles.